The van der Waals surface area contributed by atoms with Crippen LogP contribution in [0.1, 0.15) is 0 Å². The first-order valence-electron chi connectivity index (χ1n) is 42.2. The van der Waals surface area contributed by atoms with Crippen LogP contribution in [0.5, 0.6) is 0 Å². The van der Waals surface area contributed by atoms with Gasteiger partial charge in [0.25, 0.3) is 0 Å². The Morgan fingerprint density at radius 3 is 0.346 bits per heavy atom. The van der Waals surface area contributed by atoms with Crippen LogP contribution >= 0.6 is 0 Å². The van der Waals surface area contributed by atoms with E-state index in [1.807, 2.05) is 0 Å². The SMILES string of the molecule is OC[C@H]1O[C@@H](O[C@@H]2[C@@H](O)[C@H](O[C@@H]3[C@@H](O)[C@H](O[C@@H]4[C@@H](O)[C@H](O[C@@H]5[C@@H](O)[C@H](O[C@@H]6[C@@H](O)[C@H](O[C@@H]7[C@@H](O)[C@H](O[C@@H]8[C@@H](O)[C@H](O[C@@H]9[C@@H](O)[C@H](O[C@@H]%10[C@@H](O)[C@H](O[C@@H]%11[C@@H](O)[C@H](O[C@H]%12[C@H](O)[C@@H](CO)OC(O)[C@H]%12O)O[C@H](CO)[C@H]%11O)O[C@H](CO)[C@H]%10O)O[C@H](CO)[C@H]9O)O[C@H](CO)[C@H]8O)O[C@H](CO)[C@H]7O)O[C@H](CO)[C@H]6O)O[C@H](CO)[C@H]5O)O[C@H](CO)[C@H]4O)O[C@H](CO)[C@H]3O)O[C@H](CO)[C@H]2O)[C@H](O)[C@@H](O)[C@@H]1O. The van der Waals surface area contributed by atoms with Gasteiger partial charge < -0.3 is 303 Å². The standard InChI is InChI=1S/C72H122O61/c73-1-13-25(85)37(97)38(98)62(112-13)124-51-27(87)15(3-75)114-64(40(51)100)126-53-29(89)17(5-77)116-66(42(53)102)128-55-31(91)19(7-79)118-68(44(55)104)130-57-33(93)21(9-81)120-70(46(57)106)132-59-35(95)23(11-83)122-72(48(59)108)133-60-36(96)24(12-84)121-71(49(60)109)131-58-34(94)22(10-82)119-69(47(58)107)129-56-32(92)20(8-80)117-67(45(56)105)127-54-30(90)18(6-78)115-65(43(54)103)125-52-28(88)16(4-76)113-63(41(52)101)123-50-26(86)14(2-74)111-61(110)39(50)99/h13-110H,1-12H2/t13-,14-,15-,16-,17-,18-,19-,20-,21-,22-,23-,24-,25-,26-,27-,28-,29-,30-,31-,32-,33-,34-,35-,36-,37+,38-,39+,40-,41-,42-,43-,44-,45-,46-,47-,48-,49-,50+,51+,52+,53+,54+,55+,56+,57+,58+,59+,60+,61?,62+,63+,64+,65+,66+,67+,68+,69+,70+,71+,72+/m1/s1. The van der Waals surface area contributed by atoms with Gasteiger partial charge in [0.15, 0.2) is 75.5 Å². The first kappa shape index (κ1) is 109. The topological polar surface area (TPSA) is 981 Å². The second kappa shape index (κ2) is 47.4. The summed E-state index contributed by atoms with van der Waals surface area (Å²) in [6.45, 7) is -13.6. The van der Waals surface area contributed by atoms with Crippen LogP contribution in [0.4, 0.5) is 0 Å². The predicted octanol–water partition coefficient (Wildman–Crippen LogP) is -27.2. The van der Waals surface area contributed by atoms with Gasteiger partial charge in [0.1, 0.15) is 293 Å². The van der Waals surface area contributed by atoms with Gasteiger partial charge in [-0.3, -0.25) is 0 Å². The number of hydrogen-bond donors (Lipinski definition) is 38. The molecule has 60 atom stereocenters. The van der Waals surface area contributed by atoms with Crippen LogP contribution < -0.4 is 0 Å². The van der Waals surface area contributed by atoms with Crippen LogP contribution in [0.2, 0.25) is 0 Å². The summed E-state index contributed by atoms with van der Waals surface area (Å²) in [7, 11) is 0. The van der Waals surface area contributed by atoms with Crippen molar-refractivity contribution in [2.24, 2.45) is 0 Å². The maximum Gasteiger partial charge on any atom is 0.187 e. The number of aliphatic hydroxyl groups excluding tert-OH is 38. The Kier molecular flexibility index (Phi) is 39.0. The number of hydrogen-bond acceptors (Lipinski definition) is 61. The molecule has 0 saturated carbocycles. The lowest BCUT2D eigenvalue weighted by atomic mass is 9.94. The zero-order chi connectivity index (χ0) is 97.4. The molecule has 61 heteroatoms. The molecule has 0 radical (unpaired) electrons. The van der Waals surface area contributed by atoms with Crippen LogP contribution in [0, 0.1) is 0 Å². The van der Waals surface area contributed by atoms with E-state index < -0.39 is 448 Å². The van der Waals surface area contributed by atoms with Crippen molar-refractivity contribution in [1.82, 2.24) is 0 Å². The smallest absolute Gasteiger partial charge is 0.187 e. The van der Waals surface area contributed by atoms with Crippen LogP contribution in [0.15, 0.2) is 0 Å². The lowest BCUT2D eigenvalue weighted by Gasteiger charge is -2.50. The van der Waals surface area contributed by atoms with Crippen LogP contribution in [-0.2, 0) is 109 Å². The fourth-order valence-electron chi connectivity index (χ4n) is 17.4. The Morgan fingerprint density at radius 2 is 0.218 bits per heavy atom. The highest BCUT2D eigenvalue weighted by Crippen LogP contribution is 2.43. The van der Waals surface area contributed by atoms with Gasteiger partial charge in [0.2, 0.25) is 0 Å². The van der Waals surface area contributed by atoms with E-state index in [0.717, 1.165) is 0 Å². The van der Waals surface area contributed by atoms with Gasteiger partial charge >= 0.3 is 0 Å². The zero-order valence-electron chi connectivity index (χ0n) is 69.5. The molecule has 0 bridgehead atoms. The first-order valence-corrected chi connectivity index (χ1v) is 42.2. The Balaban J connectivity index is 0.703. The van der Waals surface area contributed by atoms with E-state index >= 15 is 0 Å². The molecule has 61 nitrogen and oxygen atoms in total. The zero-order valence-corrected chi connectivity index (χ0v) is 69.5. The maximum atomic E-state index is 12.1. The highest BCUT2D eigenvalue weighted by Gasteiger charge is 2.64. The highest BCUT2D eigenvalue weighted by atomic mass is 16.8. The number of rotatable bonds is 34. The molecule has 12 saturated heterocycles. The molecule has 133 heavy (non-hydrogen) atoms. The van der Waals surface area contributed by atoms with E-state index in [2.05, 4.69) is 0 Å². The molecule has 0 amide bonds. The predicted molar refractivity (Wildman–Crippen MR) is 395 cm³/mol. The largest absolute Gasteiger partial charge is 0.394 e. The van der Waals surface area contributed by atoms with Gasteiger partial charge in [-0.1, -0.05) is 0 Å². The molecule has 0 aromatic rings. The monoisotopic (exact) mass is 1960 g/mol. The molecule has 0 aromatic heterocycles. The molecule has 12 aliphatic rings. The molecular weight excluding hydrogens is 1840 g/mol. The minimum Gasteiger partial charge on any atom is -0.394 e. The molecule has 12 heterocycles. The van der Waals surface area contributed by atoms with E-state index in [1.54, 1.807) is 0 Å². The van der Waals surface area contributed by atoms with Gasteiger partial charge in [-0.2, -0.15) is 0 Å². The summed E-state index contributed by atoms with van der Waals surface area (Å²) in [5, 5.41) is 420. The minimum atomic E-state index is -2.52. The third-order valence-electron chi connectivity index (χ3n) is 25.1. The van der Waals surface area contributed by atoms with Crippen molar-refractivity contribution in [3.05, 3.63) is 0 Å². The summed E-state index contributed by atoms with van der Waals surface area (Å²) >= 11 is 0. The van der Waals surface area contributed by atoms with E-state index in [1.165, 1.54) is 0 Å². The molecule has 776 valence electrons. The van der Waals surface area contributed by atoms with Crippen molar-refractivity contribution < 1.29 is 303 Å². The second-order valence-corrected chi connectivity index (χ2v) is 33.6. The number of ether oxygens (including phenoxy) is 23. The molecule has 12 aliphatic heterocycles. The molecule has 1 unspecified atom stereocenters. The normalized spacial score (nSPS) is 53.8. The first-order chi connectivity index (χ1) is 63.2. The van der Waals surface area contributed by atoms with Gasteiger partial charge in [-0.25, -0.2) is 0 Å². The fraction of sp³-hybridized carbons (Fsp3) is 1.00. The van der Waals surface area contributed by atoms with Crippen molar-refractivity contribution in [2.75, 3.05) is 79.3 Å². The molecule has 12 fully saturated rings. The second-order valence-electron chi connectivity index (χ2n) is 33.6. The van der Waals surface area contributed by atoms with Gasteiger partial charge in [0.05, 0.1) is 79.3 Å². The number of aliphatic hydroxyl groups is 38. The van der Waals surface area contributed by atoms with E-state index in [4.69, 9.17) is 109 Å². The van der Waals surface area contributed by atoms with Crippen molar-refractivity contribution in [3.63, 3.8) is 0 Å². The van der Waals surface area contributed by atoms with Crippen LogP contribution in [0.3, 0.4) is 0 Å². The maximum absolute atomic E-state index is 12.1. The van der Waals surface area contributed by atoms with Gasteiger partial charge in [-0.15, -0.1) is 0 Å². The average Bonchev–Trinajstić information content (AvgIpc) is 0.772. The van der Waals surface area contributed by atoms with Crippen molar-refractivity contribution in [3.8, 4) is 0 Å². The summed E-state index contributed by atoms with van der Waals surface area (Å²) < 4.78 is 130. The van der Waals surface area contributed by atoms with Crippen LogP contribution in [-0.4, -0.2) is 642 Å². The van der Waals surface area contributed by atoms with E-state index in [9.17, 15) is 194 Å². The highest BCUT2D eigenvalue weighted by molar-refractivity contribution is 5.05. The molecule has 12 rings (SSSR count). The molecular formula is C72H122O61. The lowest BCUT2D eigenvalue weighted by molar-refractivity contribution is -0.404. The van der Waals surface area contributed by atoms with Crippen molar-refractivity contribution in [2.45, 2.75) is 368 Å². The summed E-state index contributed by atoms with van der Waals surface area (Å²) in [5.74, 6) is 0. The quantitative estimate of drug-likeness (QED) is 0.0284. The fourth-order valence-corrected chi connectivity index (χ4v) is 17.4. The van der Waals surface area contributed by atoms with Crippen LogP contribution in [0.25, 0.3) is 0 Å². The molecule has 0 aromatic carbocycles. The van der Waals surface area contributed by atoms with Crippen molar-refractivity contribution >= 4 is 0 Å². The lowest BCUT2D eigenvalue weighted by Crippen LogP contribution is -2.69. The molecule has 38 N–H and O–H groups in total. The minimum absolute atomic E-state index is 0.931. The Hall–Kier alpha value is -2.44. The van der Waals surface area contributed by atoms with Crippen molar-refractivity contribution in [1.29, 1.82) is 0 Å². The average molecular weight is 1960 g/mol. The summed E-state index contributed by atoms with van der Waals surface area (Å²) in [5.41, 5.74) is 0. The van der Waals surface area contributed by atoms with Gasteiger partial charge in [-0.05, 0) is 0 Å². The molecule has 0 spiro atoms. The summed E-state index contributed by atoms with van der Waals surface area (Å²) in [6.07, 6.45) is -130. The summed E-state index contributed by atoms with van der Waals surface area (Å²) in [4.78, 5) is 0. The molecule has 0 aliphatic carbocycles. The Bertz CT molecular complexity index is 3380. The third kappa shape index (κ3) is 22.6. The van der Waals surface area contributed by atoms with Gasteiger partial charge in [0, 0.05) is 0 Å². The third-order valence-corrected chi connectivity index (χ3v) is 25.1. The van der Waals surface area contributed by atoms with E-state index in [0.29, 0.717) is 0 Å². The summed E-state index contributed by atoms with van der Waals surface area (Å²) in [6, 6.07) is 0. The van der Waals surface area contributed by atoms with E-state index in [-0.39, 0.29) is 0 Å². The Labute approximate surface area is 748 Å². The Morgan fingerprint density at radius 1 is 0.113 bits per heavy atom.